The van der Waals surface area contributed by atoms with Gasteiger partial charge >= 0.3 is 0 Å². The molecular weight excluding hydrogens is 242 g/mol. The molecule has 0 amide bonds. The molecule has 18 heavy (non-hydrogen) atoms. The molecule has 2 heterocycles. The van der Waals surface area contributed by atoms with Gasteiger partial charge in [-0.15, -0.1) is 0 Å². The van der Waals surface area contributed by atoms with Gasteiger partial charge in [0, 0.05) is 11.6 Å². The minimum Gasteiger partial charge on any atom is -0.392 e. The average molecular weight is 259 g/mol. The number of nitrogens with zero attached hydrogens (tertiary/aromatic N) is 1. The number of aliphatic hydroxyl groups excluding tert-OH is 1. The number of aromatic nitrogens is 1. The molecular formula is C15H17NOS. The number of rotatable bonds is 3. The Balaban J connectivity index is 1.85. The largest absolute Gasteiger partial charge is 0.392 e. The van der Waals surface area contributed by atoms with Crippen molar-refractivity contribution in [2.24, 2.45) is 5.92 Å². The maximum atomic E-state index is 10.3. The molecule has 0 aliphatic carbocycles. The predicted molar refractivity (Wildman–Crippen MR) is 76.9 cm³/mol. The summed E-state index contributed by atoms with van der Waals surface area (Å²) in [5.74, 6) is 2.75. The minimum absolute atomic E-state index is 0.217. The number of thioether (sulfide) groups is 1. The van der Waals surface area contributed by atoms with E-state index < -0.39 is 0 Å². The zero-order valence-corrected chi connectivity index (χ0v) is 11.1. The van der Waals surface area contributed by atoms with Crippen LogP contribution in [0.3, 0.4) is 0 Å². The molecule has 3 rings (SSSR count). The Morgan fingerprint density at radius 2 is 2.22 bits per heavy atom. The van der Waals surface area contributed by atoms with Crippen molar-refractivity contribution in [1.82, 2.24) is 4.98 Å². The third kappa shape index (κ3) is 2.38. The molecule has 1 aliphatic rings. The Labute approximate surface area is 111 Å². The fraction of sp³-hybridized carbons (Fsp3) is 0.400. The summed E-state index contributed by atoms with van der Waals surface area (Å²) in [6, 6.07) is 10.2. The van der Waals surface area contributed by atoms with E-state index in [-0.39, 0.29) is 6.10 Å². The SMILES string of the molecule is OC(Cc1ccnc2ccccc12)C1CCSC1. The van der Waals surface area contributed by atoms with Crippen LogP contribution in [0, 0.1) is 5.92 Å². The smallest absolute Gasteiger partial charge is 0.0704 e. The molecule has 1 aromatic carbocycles. The van der Waals surface area contributed by atoms with Gasteiger partial charge in [-0.25, -0.2) is 0 Å². The molecule has 94 valence electrons. The van der Waals surface area contributed by atoms with Crippen LogP contribution in [0.25, 0.3) is 10.9 Å². The van der Waals surface area contributed by atoms with Crippen molar-refractivity contribution in [2.75, 3.05) is 11.5 Å². The maximum absolute atomic E-state index is 10.3. The van der Waals surface area contributed by atoms with E-state index >= 15 is 0 Å². The van der Waals surface area contributed by atoms with Crippen molar-refractivity contribution in [2.45, 2.75) is 18.9 Å². The van der Waals surface area contributed by atoms with Crippen LogP contribution in [0.4, 0.5) is 0 Å². The van der Waals surface area contributed by atoms with Gasteiger partial charge in [-0.3, -0.25) is 4.98 Å². The first-order valence-electron chi connectivity index (χ1n) is 6.43. The van der Waals surface area contributed by atoms with E-state index in [1.807, 2.05) is 42.2 Å². The van der Waals surface area contributed by atoms with E-state index in [4.69, 9.17) is 0 Å². The lowest BCUT2D eigenvalue weighted by Crippen LogP contribution is -2.22. The second kappa shape index (κ2) is 5.29. The van der Waals surface area contributed by atoms with Crippen LogP contribution >= 0.6 is 11.8 Å². The predicted octanol–water partition coefficient (Wildman–Crippen LogP) is 2.89. The van der Waals surface area contributed by atoms with Gasteiger partial charge in [0.05, 0.1) is 11.6 Å². The van der Waals surface area contributed by atoms with Gasteiger partial charge in [0.25, 0.3) is 0 Å². The molecule has 0 radical (unpaired) electrons. The van der Waals surface area contributed by atoms with Crippen LogP contribution in [0.1, 0.15) is 12.0 Å². The first-order valence-corrected chi connectivity index (χ1v) is 7.58. The van der Waals surface area contributed by atoms with Crippen LogP contribution in [0.2, 0.25) is 0 Å². The van der Waals surface area contributed by atoms with Crippen LogP contribution in [-0.4, -0.2) is 27.7 Å². The zero-order chi connectivity index (χ0) is 12.4. The Morgan fingerprint density at radius 3 is 3.06 bits per heavy atom. The molecule has 1 saturated heterocycles. The highest BCUT2D eigenvalue weighted by molar-refractivity contribution is 7.99. The highest BCUT2D eigenvalue weighted by Gasteiger charge is 2.24. The Kier molecular flexibility index (Phi) is 3.52. The molecule has 3 heteroatoms. The van der Waals surface area contributed by atoms with Crippen molar-refractivity contribution in [3.05, 3.63) is 42.1 Å². The van der Waals surface area contributed by atoms with E-state index in [2.05, 4.69) is 11.1 Å². The summed E-state index contributed by atoms with van der Waals surface area (Å²) in [6.45, 7) is 0. The lowest BCUT2D eigenvalue weighted by Gasteiger charge is -2.17. The second-order valence-electron chi connectivity index (χ2n) is 4.88. The van der Waals surface area contributed by atoms with Gasteiger partial charge in [0.15, 0.2) is 0 Å². The van der Waals surface area contributed by atoms with Crippen LogP contribution in [-0.2, 0) is 6.42 Å². The summed E-state index contributed by atoms with van der Waals surface area (Å²) < 4.78 is 0. The molecule has 2 atom stereocenters. The number of pyridine rings is 1. The van der Waals surface area contributed by atoms with Gasteiger partial charge in [0.2, 0.25) is 0 Å². The number of aliphatic hydroxyl groups is 1. The molecule has 0 bridgehead atoms. The normalized spacial score (nSPS) is 21.3. The average Bonchev–Trinajstić information content (AvgIpc) is 2.93. The molecule has 0 spiro atoms. The summed E-state index contributed by atoms with van der Waals surface area (Å²) in [7, 11) is 0. The summed E-state index contributed by atoms with van der Waals surface area (Å²) >= 11 is 1.95. The monoisotopic (exact) mass is 259 g/mol. The zero-order valence-electron chi connectivity index (χ0n) is 10.2. The van der Waals surface area contributed by atoms with E-state index in [1.165, 1.54) is 16.7 Å². The van der Waals surface area contributed by atoms with Gasteiger partial charge in [-0.1, -0.05) is 18.2 Å². The maximum Gasteiger partial charge on any atom is 0.0704 e. The highest BCUT2D eigenvalue weighted by atomic mass is 32.2. The Bertz CT molecular complexity index is 532. The van der Waals surface area contributed by atoms with Crippen LogP contribution < -0.4 is 0 Å². The third-order valence-electron chi connectivity index (χ3n) is 3.68. The Morgan fingerprint density at radius 1 is 1.33 bits per heavy atom. The number of hydrogen-bond donors (Lipinski definition) is 1. The first-order chi connectivity index (χ1) is 8.84. The summed E-state index contributed by atoms with van der Waals surface area (Å²) in [6.07, 6.45) is 3.52. The molecule has 1 N–H and O–H groups in total. The minimum atomic E-state index is -0.217. The molecule has 1 fully saturated rings. The fourth-order valence-electron chi connectivity index (χ4n) is 2.58. The van der Waals surface area contributed by atoms with E-state index in [9.17, 15) is 5.11 Å². The molecule has 0 saturated carbocycles. The fourth-order valence-corrected chi connectivity index (χ4v) is 3.91. The van der Waals surface area contributed by atoms with Gasteiger partial charge < -0.3 is 5.11 Å². The molecule has 2 nitrogen and oxygen atoms in total. The second-order valence-corrected chi connectivity index (χ2v) is 6.03. The van der Waals surface area contributed by atoms with Crippen molar-refractivity contribution >= 4 is 22.7 Å². The summed E-state index contributed by atoms with van der Waals surface area (Å²) in [5.41, 5.74) is 2.23. The van der Waals surface area contributed by atoms with Gasteiger partial charge in [0.1, 0.15) is 0 Å². The number of hydrogen-bond acceptors (Lipinski definition) is 3. The standard InChI is InChI=1S/C15H17NOS/c17-15(12-6-8-18-10-12)9-11-5-7-16-14-4-2-1-3-13(11)14/h1-5,7,12,15,17H,6,8-10H2. The van der Waals surface area contributed by atoms with Gasteiger partial charge in [-0.05, 0) is 48.0 Å². The van der Waals surface area contributed by atoms with Crippen molar-refractivity contribution in [3.63, 3.8) is 0 Å². The Hall–Kier alpha value is -1.06. The molecule has 2 aromatic rings. The third-order valence-corrected chi connectivity index (χ3v) is 4.87. The topological polar surface area (TPSA) is 33.1 Å². The first kappa shape index (κ1) is 12.0. The van der Waals surface area contributed by atoms with E-state index in [1.54, 1.807) is 0 Å². The lowest BCUT2D eigenvalue weighted by molar-refractivity contribution is 0.120. The summed E-state index contributed by atoms with van der Waals surface area (Å²) in [5, 5.41) is 11.5. The number of para-hydroxylation sites is 1. The van der Waals surface area contributed by atoms with Gasteiger partial charge in [-0.2, -0.15) is 11.8 Å². The van der Waals surface area contributed by atoms with E-state index in [0.29, 0.717) is 5.92 Å². The van der Waals surface area contributed by atoms with Crippen molar-refractivity contribution < 1.29 is 5.11 Å². The lowest BCUT2D eigenvalue weighted by atomic mass is 9.94. The van der Waals surface area contributed by atoms with Crippen LogP contribution in [0.15, 0.2) is 36.5 Å². The summed E-state index contributed by atoms with van der Waals surface area (Å²) in [4.78, 5) is 4.36. The molecule has 2 unspecified atom stereocenters. The van der Waals surface area contributed by atoms with Crippen molar-refractivity contribution in [3.8, 4) is 0 Å². The number of fused-ring (bicyclic) bond motifs is 1. The molecule has 1 aromatic heterocycles. The van der Waals surface area contributed by atoms with Crippen LogP contribution in [0.5, 0.6) is 0 Å². The van der Waals surface area contributed by atoms with E-state index in [0.717, 1.165) is 24.1 Å². The number of benzene rings is 1. The molecule has 1 aliphatic heterocycles. The highest BCUT2D eigenvalue weighted by Crippen LogP contribution is 2.28. The van der Waals surface area contributed by atoms with Crippen molar-refractivity contribution in [1.29, 1.82) is 0 Å². The quantitative estimate of drug-likeness (QED) is 0.920.